The van der Waals surface area contributed by atoms with Gasteiger partial charge in [0.1, 0.15) is 56.6 Å². The molecule has 0 saturated heterocycles. The second-order valence-corrected chi connectivity index (χ2v) is 15.3. The molecule has 4 heterocycles. The van der Waals surface area contributed by atoms with Gasteiger partial charge >= 0.3 is 14.1 Å². The van der Waals surface area contributed by atoms with E-state index < -0.39 is 14.1 Å². The minimum absolute atomic E-state index is 0. The molecule has 4 N–H and O–H groups in total. The predicted octanol–water partition coefficient (Wildman–Crippen LogP) is 5.86. The summed E-state index contributed by atoms with van der Waals surface area (Å²) in [5, 5.41) is 46.1. The number of fused-ring (bicyclic) bond motifs is 4. The van der Waals surface area contributed by atoms with Crippen LogP contribution >= 0.6 is 0 Å². The van der Waals surface area contributed by atoms with Gasteiger partial charge in [0.2, 0.25) is 0 Å². The largest absolute Gasteiger partial charge is 0.506 e. The summed E-state index contributed by atoms with van der Waals surface area (Å²) in [4.78, 5) is 19.4. The average molecular weight is 702 g/mol. The zero-order valence-electron chi connectivity index (χ0n) is 28.3. The highest BCUT2D eigenvalue weighted by molar-refractivity contribution is 6.98. The molecule has 0 fully saturated rings. The Hall–Kier alpha value is -5.42. The van der Waals surface area contributed by atoms with Crippen LogP contribution in [0.15, 0.2) is 91.0 Å². The van der Waals surface area contributed by atoms with E-state index in [1.165, 1.54) is 0 Å². The lowest BCUT2D eigenvalue weighted by molar-refractivity contribution is 0.470. The first kappa shape index (κ1) is 34.1. The van der Waals surface area contributed by atoms with Gasteiger partial charge in [-0.2, -0.15) is 0 Å². The van der Waals surface area contributed by atoms with E-state index in [1.807, 2.05) is 58.0 Å². The Kier molecular flexibility index (Phi) is 8.71. The summed E-state index contributed by atoms with van der Waals surface area (Å²) in [5.41, 5.74) is 4.54. The van der Waals surface area contributed by atoms with E-state index in [1.54, 1.807) is 48.5 Å². The molecule has 0 amide bonds. The maximum absolute atomic E-state index is 11.2. The molecule has 11 heteroatoms. The average Bonchev–Trinajstić information content (AvgIpc) is 3.08. The molecule has 247 valence electrons. The van der Waals surface area contributed by atoms with Gasteiger partial charge in [-0.15, -0.1) is 0 Å². The van der Waals surface area contributed by atoms with E-state index in [-0.39, 0.29) is 40.4 Å². The normalized spacial score (nSPS) is 11.3. The number of nitrogens with zero attached hydrogens (tertiary/aromatic N) is 4. The molecule has 0 atom stereocenters. The molecular weight excluding hydrogens is 670 g/mol. The number of para-hydroxylation sites is 4. The van der Waals surface area contributed by atoms with Gasteiger partial charge < -0.3 is 25.2 Å². The van der Waals surface area contributed by atoms with E-state index in [0.717, 1.165) is 40.8 Å². The van der Waals surface area contributed by atoms with Crippen molar-refractivity contribution >= 4 is 88.4 Å². The van der Waals surface area contributed by atoms with Crippen molar-refractivity contribution in [3.8, 4) is 34.5 Å². The van der Waals surface area contributed by atoms with Crippen LogP contribution in [0.4, 0.5) is 0 Å². The molecule has 3 radical (unpaired) electrons. The third kappa shape index (κ3) is 5.75. The summed E-state index contributed by atoms with van der Waals surface area (Å²) in [6.07, 6.45) is 0. The van der Waals surface area contributed by atoms with Crippen molar-refractivity contribution in [3.63, 3.8) is 0 Å². The van der Waals surface area contributed by atoms with Gasteiger partial charge in [-0.25, -0.2) is 9.97 Å². The molecule has 0 unspecified atom stereocenters. The van der Waals surface area contributed by atoms with Crippen molar-refractivity contribution < 1.29 is 25.2 Å². The zero-order valence-corrected chi connectivity index (χ0v) is 30.6. The van der Waals surface area contributed by atoms with Crippen molar-refractivity contribution in [1.82, 2.24) is 19.9 Å². The second kappa shape index (κ2) is 13.0. The number of aromatic nitrogens is 4. The highest BCUT2D eigenvalue weighted by Gasteiger charge is 2.36. The van der Waals surface area contributed by atoms with Crippen LogP contribution in [0.25, 0.3) is 43.6 Å². The Morgan fingerprint density at radius 1 is 0.490 bits per heavy atom. The maximum Gasteiger partial charge on any atom is 0.396 e. The summed E-state index contributed by atoms with van der Waals surface area (Å²) in [6.45, 7) is 7.57. The molecule has 4 aromatic heterocycles. The van der Waals surface area contributed by atoms with Crippen LogP contribution in [-0.2, 0) is 0 Å². The van der Waals surface area contributed by atoms with Crippen LogP contribution in [0, 0.1) is 27.7 Å². The van der Waals surface area contributed by atoms with Crippen molar-refractivity contribution in [2.24, 2.45) is 0 Å². The lowest BCUT2D eigenvalue weighted by Crippen LogP contribution is -2.55. The minimum atomic E-state index is -2.71. The van der Waals surface area contributed by atoms with Gasteiger partial charge in [-0.3, -0.25) is 9.97 Å². The number of pyridine rings is 4. The van der Waals surface area contributed by atoms with Crippen LogP contribution in [0.5, 0.6) is 34.5 Å². The Bertz CT molecular complexity index is 2610. The Balaban J connectivity index is 0.00000406. The van der Waals surface area contributed by atoms with Crippen LogP contribution < -0.4 is 18.0 Å². The van der Waals surface area contributed by atoms with Gasteiger partial charge in [0.15, 0.2) is 0 Å². The quantitative estimate of drug-likeness (QED) is 0.162. The number of phenols is 4. The topological polar surface area (TPSA) is 142 Å². The summed E-state index contributed by atoms with van der Waals surface area (Å²) >= 11 is -2.71. The molecule has 0 saturated carbocycles. The summed E-state index contributed by atoms with van der Waals surface area (Å²) in [5.74, 6) is 1.34. The van der Waals surface area contributed by atoms with Crippen LogP contribution in [0.2, 0.25) is 0 Å². The SMILES string of the molecule is Cc1nc2c(O)cccc2cc1Oc1c(C)nc2c(O)cccc2[c]1[Al]([c]1cc2cccc(O)c2nc1C)[c]1cc2cccc(O)c2nc1C.[Al]. The predicted molar refractivity (Wildman–Crippen MR) is 203 cm³/mol. The van der Waals surface area contributed by atoms with Crippen LogP contribution in [-0.4, -0.2) is 71.9 Å². The van der Waals surface area contributed by atoms with E-state index in [0.29, 0.717) is 50.3 Å². The number of hydrogen-bond donors (Lipinski definition) is 4. The minimum Gasteiger partial charge on any atom is -0.506 e. The molecule has 9 nitrogen and oxygen atoms in total. The number of ether oxygens (including phenoxy) is 1. The molecule has 0 aliphatic heterocycles. The summed E-state index contributed by atoms with van der Waals surface area (Å²) in [6, 6.07) is 27.3. The smallest absolute Gasteiger partial charge is 0.396 e. The fraction of sp³-hybridized carbons (Fsp3) is 0.100. The first-order valence-electron chi connectivity index (χ1n) is 16.2. The van der Waals surface area contributed by atoms with Crippen LogP contribution in [0.3, 0.4) is 0 Å². The number of aromatic hydroxyl groups is 4. The van der Waals surface area contributed by atoms with Crippen molar-refractivity contribution in [2.45, 2.75) is 27.7 Å². The fourth-order valence-corrected chi connectivity index (χ4v) is 10.6. The Morgan fingerprint density at radius 2 is 0.902 bits per heavy atom. The Labute approximate surface area is 308 Å². The first-order chi connectivity index (χ1) is 24.1. The van der Waals surface area contributed by atoms with Gasteiger partial charge in [0.05, 0.1) is 11.4 Å². The van der Waals surface area contributed by atoms with Gasteiger partial charge in [-0.05, 0) is 67.8 Å². The lowest BCUT2D eigenvalue weighted by Gasteiger charge is -2.24. The number of aryl methyl sites for hydroxylation is 4. The summed E-state index contributed by atoms with van der Waals surface area (Å²) in [7, 11) is 0. The van der Waals surface area contributed by atoms with Crippen LogP contribution in [0.1, 0.15) is 22.8 Å². The van der Waals surface area contributed by atoms with Crippen molar-refractivity contribution in [3.05, 3.63) is 114 Å². The first-order valence-corrected chi connectivity index (χ1v) is 17.9. The number of rotatable bonds is 5. The molecule has 8 aromatic rings. The number of benzene rings is 4. The van der Waals surface area contributed by atoms with E-state index in [4.69, 9.17) is 19.7 Å². The molecule has 51 heavy (non-hydrogen) atoms. The Morgan fingerprint density at radius 3 is 1.41 bits per heavy atom. The lowest BCUT2D eigenvalue weighted by atomic mass is 10.1. The number of hydrogen-bond acceptors (Lipinski definition) is 9. The molecule has 4 aromatic carbocycles. The van der Waals surface area contributed by atoms with E-state index in [2.05, 4.69) is 17.1 Å². The van der Waals surface area contributed by atoms with E-state index >= 15 is 0 Å². The van der Waals surface area contributed by atoms with Crippen molar-refractivity contribution in [1.29, 1.82) is 0 Å². The van der Waals surface area contributed by atoms with Gasteiger partial charge in [0, 0.05) is 44.9 Å². The molecular formula is C40H31Al2N4O5. The summed E-state index contributed by atoms with van der Waals surface area (Å²) < 4.78 is 9.69. The maximum atomic E-state index is 11.2. The highest BCUT2D eigenvalue weighted by atomic mass is 27.2. The van der Waals surface area contributed by atoms with Gasteiger partial charge in [-0.1, -0.05) is 69.5 Å². The van der Waals surface area contributed by atoms with Gasteiger partial charge in [0.25, 0.3) is 0 Å². The fourth-order valence-electron chi connectivity index (χ4n) is 6.93. The number of phenolic OH excluding ortho intramolecular Hbond substituents is 4. The van der Waals surface area contributed by atoms with E-state index in [9.17, 15) is 20.4 Å². The molecule has 0 spiro atoms. The molecule has 0 aliphatic rings. The monoisotopic (exact) mass is 701 g/mol. The second-order valence-electron chi connectivity index (χ2n) is 12.6. The molecule has 0 aliphatic carbocycles. The standard InChI is InChI=1S/C20H15N2O3.2C10H8NO.2Al/c1-11-17(9-13-5-3-7-15(23)19(13)21-11)25-18-10-14-6-4-8-16(24)20(14)22-12(18)2;2*1-7-5-6-8-3-2-4-9(12)10(8)11-7;;/h3-9,23-24H,1-2H3;2*2-4,6,12H,1H3;;. The zero-order chi connectivity index (χ0) is 34.8. The highest BCUT2D eigenvalue weighted by Crippen LogP contribution is 2.35. The third-order valence-corrected chi connectivity index (χ3v) is 12.9. The molecule has 0 bridgehead atoms. The van der Waals surface area contributed by atoms with Crippen molar-refractivity contribution in [2.75, 3.05) is 0 Å². The molecule has 8 rings (SSSR count). The third-order valence-electron chi connectivity index (χ3n) is 9.36.